The summed E-state index contributed by atoms with van der Waals surface area (Å²) >= 11 is 1.38. The quantitative estimate of drug-likeness (QED) is 0.812. The third kappa shape index (κ3) is 1.99. The molecule has 2 heterocycles. The summed E-state index contributed by atoms with van der Waals surface area (Å²) in [4.78, 5) is 4.80. The molecule has 0 aromatic carbocycles. The average molecular weight is 244 g/mol. The minimum absolute atomic E-state index is 0.426. The van der Waals surface area contributed by atoms with Gasteiger partial charge in [0, 0.05) is 12.4 Å². The molecule has 0 N–H and O–H groups in total. The predicted molar refractivity (Wildman–Crippen MR) is 59.2 cm³/mol. The zero-order valence-electron chi connectivity index (χ0n) is 8.82. The highest BCUT2D eigenvalue weighted by atomic mass is 32.2. The van der Waals surface area contributed by atoms with E-state index in [9.17, 15) is 0 Å². The molecule has 1 saturated carbocycles. The second-order valence-corrected chi connectivity index (χ2v) is 4.73. The number of tetrazole rings is 1. The molecule has 6 nitrogen and oxygen atoms in total. The van der Waals surface area contributed by atoms with Crippen molar-refractivity contribution in [3.05, 3.63) is 24.0 Å². The van der Waals surface area contributed by atoms with Crippen molar-refractivity contribution in [3.63, 3.8) is 0 Å². The maximum Gasteiger partial charge on any atom is 0.214 e. The molecule has 0 amide bonds. The topological polar surface area (TPSA) is 80.3 Å². The van der Waals surface area contributed by atoms with Crippen LogP contribution in [0.1, 0.15) is 24.4 Å². The van der Waals surface area contributed by atoms with Gasteiger partial charge in [-0.2, -0.15) is 5.26 Å². The van der Waals surface area contributed by atoms with Crippen LogP contribution in [0.3, 0.4) is 0 Å². The molecule has 3 rings (SSSR count). The van der Waals surface area contributed by atoms with Gasteiger partial charge in [0.2, 0.25) is 5.16 Å². The van der Waals surface area contributed by atoms with E-state index in [1.165, 1.54) is 11.8 Å². The summed E-state index contributed by atoms with van der Waals surface area (Å²) in [6, 6.07) is 4.25. The first kappa shape index (κ1) is 10.2. The molecule has 7 heteroatoms. The Morgan fingerprint density at radius 2 is 2.35 bits per heavy atom. The van der Waals surface area contributed by atoms with Crippen molar-refractivity contribution in [1.29, 1.82) is 5.26 Å². The lowest BCUT2D eigenvalue weighted by atomic mass is 10.3. The summed E-state index contributed by atoms with van der Waals surface area (Å²) in [6.45, 7) is 0. The molecule has 0 radical (unpaired) electrons. The van der Waals surface area contributed by atoms with Crippen molar-refractivity contribution in [1.82, 2.24) is 25.2 Å². The highest BCUT2D eigenvalue weighted by molar-refractivity contribution is 7.99. The van der Waals surface area contributed by atoms with Gasteiger partial charge >= 0.3 is 0 Å². The van der Waals surface area contributed by atoms with Crippen molar-refractivity contribution in [2.24, 2.45) is 0 Å². The summed E-state index contributed by atoms with van der Waals surface area (Å²) in [5, 5.41) is 21.3. The molecule has 1 aliphatic rings. The van der Waals surface area contributed by atoms with Crippen LogP contribution >= 0.6 is 11.8 Å². The average Bonchev–Trinajstić information content (AvgIpc) is 3.11. The number of hydrogen-bond acceptors (Lipinski definition) is 6. The third-order valence-corrected chi connectivity index (χ3v) is 3.46. The smallest absolute Gasteiger partial charge is 0.214 e. The van der Waals surface area contributed by atoms with Gasteiger partial charge in [-0.25, -0.2) is 4.68 Å². The highest BCUT2D eigenvalue weighted by Gasteiger charge is 2.28. The number of hydrogen-bond donors (Lipinski definition) is 0. The maximum atomic E-state index is 8.99. The molecular weight excluding hydrogens is 236 g/mol. The summed E-state index contributed by atoms with van der Waals surface area (Å²) < 4.78 is 1.82. The molecule has 0 bridgehead atoms. The van der Waals surface area contributed by atoms with E-state index in [1.807, 2.05) is 4.68 Å². The molecular formula is C10H8N6S. The van der Waals surface area contributed by atoms with E-state index in [2.05, 4.69) is 26.6 Å². The molecule has 2 aromatic heterocycles. The zero-order valence-corrected chi connectivity index (χ0v) is 9.63. The van der Waals surface area contributed by atoms with E-state index >= 15 is 0 Å². The van der Waals surface area contributed by atoms with Crippen molar-refractivity contribution in [2.75, 3.05) is 0 Å². The highest BCUT2D eigenvalue weighted by Crippen LogP contribution is 2.38. The molecule has 84 valence electrons. The summed E-state index contributed by atoms with van der Waals surface area (Å²) in [5.41, 5.74) is 0.593. The molecule has 0 spiro atoms. The number of aromatic nitrogens is 5. The van der Waals surface area contributed by atoms with Crippen molar-refractivity contribution >= 4 is 11.8 Å². The van der Waals surface area contributed by atoms with Gasteiger partial charge in [-0.05, 0) is 41.1 Å². The Labute approximate surface area is 102 Å². The molecule has 2 aromatic rings. The van der Waals surface area contributed by atoms with E-state index < -0.39 is 0 Å². The van der Waals surface area contributed by atoms with Crippen LogP contribution in [0.5, 0.6) is 0 Å². The van der Waals surface area contributed by atoms with Crippen LogP contribution in [0.2, 0.25) is 0 Å². The van der Waals surface area contributed by atoms with Crippen LogP contribution in [0.25, 0.3) is 0 Å². The Balaban J connectivity index is 1.91. The van der Waals surface area contributed by atoms with Gasteiger partial charge < -0.3 is 0 Å². The number of pyridine rings is 1. The van der Waals surface area contributed by atoms with Crippen molar-refractivity contribution < 1.29 is 0 Å². The van der Waals surface area contributed by atoms with E-state index in [-0.39, 0.29) is 0 Å². The van der Waals surface area contributed by atoms with Crippen LogP contribution in [-0.2, 0) is 0 Å². The Hall–Kier alpha value is -1.94. The Morgan fingerprint density at radius 3 is 3.12 bits per heavy atom. The van der Waals surface area contributed by atoms with Gasteiger partial charge in [-0.1, -0.05) is 0 Å². The first-order chi connectivity index (χ1) is 8.38. The SMILES string of the molecule is N#Cc1ccncc1Sc1nnnn1C1CC1. The van der Waals surface area contributed by atoms with Crippen LogP contribution in [-0.4, -0.2) is 25.2 Å². The lowest BCUT2D eigenvalue weighted by molar-refractivity contribution is 0.565. The molecule has 1 aliphatic carbocycles. The monoisotopic (exact) mass is 244 g/mol. The molecule has 0 saturated heterocycles. The molecule has 0 unspecified atom stereocenters. The molecule has 17 heavy (non-hydrogen) atoms. The Bertz CT molecular complexity index is 582. The minimum atomic E-state index is 0.426. The predicted octanol–water partition coefficient (Wildman–Crippen LogP) is 1.43. The van der Waals surface area contributed by atoms with Gasteiger partial charge in [0.15, 0.2) is 0 Å². The lowest BCUT2D eigenvalue weighted by Crippen LogP contribution is -1.98. The van der Waals surface area contributed by atoms with Crippen molar-refractivity contribution in [3.8, 4) is 6.07 Å². The standard InChI is InChI=1S/C10H8N6S/c11-5-7-3-4-12-6-9(7)17-10-13-14-15-16(10)8-1-2-8/h3-4,6,8H,1-2H2. The van der Waals surface area contributed by atoms with E-state index in [0.29, 0.717) is 11.6 Å². The largest absolute Gasteiger partial charge is 0.263 e. The third-order valence-electron chi connectivity index (χ3n) is 2.46. The molecule has 1 fully saturated rings. The first-order valence-electron chi connectivity index (χ1n) is 5.18. The van der Waals surface area contributed by atoms with E-state index in [1.54, 1.807) is 18.5 Å². The van der Waals surface area contributed by atoms with E-state index in [4.69, 9.17) is 5.26 Å². The second-order valence-electron chi connectivity index (χ2n) is 3.72. The minimum Gasteiger partial charge on any atom is -0.263 e. The summed E-state index contributed by atoms with van der Waals surface area (Å²) in [5.74, 6) is 0. The normalized spacial score (nSPS) is 14.5. The Morgan fingerprint density at radius 1 is 1.47 bits per heavy atom. The molecule has 0 aliphatic heterocycles. The maximum absolute atomic E-state index is 8.99. The van der Waals surface area contributed by atoms with Gasteiger partial charge in [0.25, 0.3) is 0 Å². The van der Waals surface area contributed by atoms with Crippen LogP contribution in [0.15, 0.2) is 28.5 Å². The van der Waals surface area contributed by atoms with Gasteiger partial charge in [-0.15, -0.1) is 5.10 Å². The Kier molecular flexibility index (Phi) is 2.49. The lowest BCUT2D eigenvalue weighted by Gasteiger charge is -2.02. The first-order valence-corrected chi connectivity index (χ1v) is 6.00. The summed E-state index contributed by atoms with van der Waals surface area (Å²) in [6.07, 6.45) is 5.51. The number of nitriles is 1. The molecule has 0 atom stereocenters. The fraction of sp³-hybridized carbons (Fsp3) is 0.300. The van der Waals surface area contributed by atoms with E-state index in [0.717, 1.165) is 22.9 Å². The van der Waals surface area contributed by atoms with Gasteiger partial charge in [0.05, 0.1) is 16.5 Å². The fourth-order valence-electron chi connectivity index (χ4n) is 1.45. The van der Waals surface area contributed by atoms with Crippen LogP contribution in [0, 0.1) is 11.3 Å². The van der Waals surface area contributed by atoms with Crippen molar-refractivity contribution in [2.45, 2.75) is 28.9 Å². The van der Waals surface area contributed by atoms with Gasteiger partial charge in [0.1, 0.15) is 6.07 Å². The van der Waals surface area contributed by atoms with Crippen LogP contribution < -0.4 is 0 Å². The summed E-state index contributed by atoms with van der Waals surface area (Å²) in [7, 11) is 0. The zero-order chi connectivity index (χ0) is 11.7. The van der Waals surface area contributed by atoms with Crippen LogP contribution in [0.4, 0.5) is 0 Å². The fourth-order valence-corrected chi connectivity index (χ4v) is 2.34. The number of nitrogens with zero attached hydrogens (tertiary/aromatic N) is 6. The second kappa shape index (κ2) is 4.14. The number of rotatable bonds is 3. The van der Waals surface area contributed by atoms with Gasteiger partial charge in [-0.3, -0.25) is 4.98 Å².